The molecule has 4 rings (SSSR count). The number of ether oxygens (including phenoxy) is 1. The van der Waals surface area contributed by atoms with E-state index >= 15 is 0 Å². The number of carbonyl (C=O) groups is 1. The largest absolute Gasteiger partial charge is 0.368 e. The monoisotopic (exact) mass is 445 g/mol. The Bertz CT molecular complexity index is 1030. The van der Waals surface area contributed by atoms with Gasteiger partial charge in [0.15, 0.2) is 5.82 Å². The molecule has 9 nitrogen and oxygen atoms in total. The zero-order valence-corrected chi connectivity index (χ0v) is 18.6. The van der Waals surface area contributed by atoms with Crippen LogP contribution >= 0.6 is 0 Å². The highest BCUT2D eigenvalue weighted by Crippen LogP contribution is 2.27. The number of pyridine rings is 1. The summed E-state index contributed by atoms with van der Waals surface area (Å²) in [5.41, 5.74) is 1.06. The molecule has 10 heteroatoms. The van der Waals surface area contributed by atoms with Gasteiger partial charge in [0.25, 0.3) is 5.91 Å². The van der Waals surface area contributed by atoms with Crippen molar-refractivity contribution in [1.29, 1.82) is 0 Å². The minimum absolute atomic E-state index is 0.0412. The van der Waals surface area contributed by atoms with E-state index < -0.39 is 10.0 Å². The summed E-state index contributed by atoms with van der Waals surface area (Å²) in [5, 5.41) is 0. The van der Waals surface area contributed by atoms with Crippen molar-refractivity contribution in [3.8, 4) is 11.5 Å². The van der Waals surface area contributed by atoms with Crippen LogP contribution in [0.2, 0.25) is 0 Å². The summed E-state index contributed by atoms with van der Waals surface area (Å²) in [6.45, 7) is 5.59. The zero-order valence-electron chi connectivity index (χ0n) is 17.8. The van der Waals surface area contributed by atoms with Crippen LogP contribution in [0.25, 0.3) is 11.5 Å². The van der Waals surface area contributed by atoms with E-state index in [-0.39, 0.29) is 35.9 Å². The first-order chi connectivity index (χ1) is 14.9. The Labute approximate surface area is 182 Å². The number of aromatic nitrogens is 3. The predicted octanol–water partition coefficient (Wildman–Crippen LogP) is 1.67. The molecule has 0 saturated carbocycles. The molecule has 2 aliphatic heterocycles. The van der Waals surface area contributed by atoms with Gasteiger partial charge in [-0.1, -0.05) is 19.9 Å². The Morgan fingerprint density at radius 3 is 2.55 bits per heavy atom. The average molecular weight is 446 g/mol. The smallest absolute Gasteiger partial charge is 0.251 e. The fourth-order valence-corrected chi connectivity index (χ4v) is 5.53. The first kappa shape index (κ1) is 21.8. The fourth-order valence-electron chi connectivity index (χ4n) is 3.88. The van der Waals surface area contributed by atoms with Crippen LogP contribution < -0.4 is 0 Å². The van der Waals surface area contributed by atoms with Crippen molar-refractivity contribution in [2.45, 2.75) is 43.6 Å². The molecule has 0 aromatic carbocycles. The highest BCUT2D eigenvalue weighted by Gasteiger charge is 2.35. The van der Waals surface area contributed by atoms with E-state index in [1.807, 2.05) is 19.9 Å². The van der Waals surface area contributed by atoms with E-state index in [4.69, 9.17) is 4.74 Å². The molecule has 31 heavy (non-hydrogen) atoms. The van der Waals surface area contributed by atoms with Crippen LogP contribution in [0.15, 0.2) is 35.5 Å². The van der Waals surface area contributed by atoms with Gasteiger partial charge in [0, 0.05) is 39.0 Å². The molecule has 0 N–H and O–H groups in total. The summed E-state index contributed by atoms with van der Waals surface area (Å²) in [6.07, 6.45) is 4.26. The Balaban J connectivity index is 1.54. The second-order valence-corrected chi connectivity index (χ2v) is 9.95. The van der Waals surface area contributed by atoms with Gasteiger partial charge >= 0.3 is 0 Å². The molecule has 0 unspecified atom stereocenters. The predicted molar refractivity (Wildman–Crippen MR) is 114 cm³/mol. The maximum Gasteiger partial charge on any atom is 0.251 e. The fraction of sp³-hybridized carbons (Fsp3) is 0.524. The Hall–Kier alpha value is -2.43. The highest BCUT2D eigenvalue weighted by atomic mass is 32.2. The number of piperazine rings is 1. The number of hydrogen-bond donors (Lipinski definition) is 0. The zero-order chi connectivity index (χ0) is 22.0. The van der Waals surface area contributed by atoms with Crippen LogP contribution in [-0.2, 0) is 19.6 Å². The van der Waals surface area contributed by atoms with Gasteiger partial charge < -0.3 is 9.64 Å². The van der Waals surface area contributed by atoms with Crippen molar-refractivity contribution in [2.75, 3.05) is 32.8 Å². The van der Waals surface area contributed by atoms with Gasteiger partial charge in [-0.3, -0.25) is 9.78 Å². The van der Waals surface area contributed by atoms with Gasteiger partial charge in [-0.05, 0) is 30.9 Å². The Kier molecular flexibility index (Phi) is 6.31. The second-order valence-electron chi connectivity index (χ2n) is 8.04. The summed E-state index contributed by atoms with van der Waals surface area (Å²) in [5.74, 6) is 0.244. The van der Waals surface area contributed by atoms with E-state index in [1.54, 1.807) is 23.2 Å². The molecule has 1 atom stereocenters. The maximum absolute atomic E-state index is 13.4. The first-order valence-electron chi connectivity index (χ1n) is 10.6. The molecule has 2 aliphatic rings. The van der Waals surface area contributed by atoms with Crippen LogP contribution in [-0.4, -0.2) is 77.4 Å². The number of amides is 1. The average Bonchev–Trinajstić information content (AvgIpc) is 3.34. The van der Waals surface area contributed by atoms with Crippen molar-refractivity contribution in [2.24, 2.45) is 0 Å². The highest BCUT2D eigenvalue weighted by molar-refractivity contribution is 7.89. The summed E-state index contributed by atoms with van der Waals surface area (Å²) in [7, 11) is -3.79. The lowest BCUT2D eigenvalue weighted by Gasteiger charge is -2.35. The van der Waals surface area contributed by atoms with Gasteiger partial charge in [-0.15, -0.1) is 0 Å². The molecule has 0 aliphatic carbocycles. The first-order valence-corrected chi connectivity index (χ1v) is 12.0. The van der Waals surface area contributed by atoms with Crippen LogP contribution in [0.5, 0.6) is 0 Å². The molecule has 166 valence electrons. The Morgan fingerprint density at radius 2 is 1.94 bits per heavy atom. The minimum Gasteiger partial charge on any atom is -0.368 e. The molecule has 0 spiro atoms. The third-order valence-corrected chi connectivity index (χ3v) is 7.51. The van der Waals surface area contributed by atoms with Gasteiger partial charge in [0.1, 0.15) is 16.7 Å². The summed E-state index contributed by atoms with van der Waals surface area (Å²) in [6, 6.07) is 5.43. The van der Waals surface area contributed by atoms with Gasteiger partial charge in [-0.25, -0.2) is 18.4 Å². The van der Waals surface area contributed by atoms with Crippen LogP contribution in [0.1, 0.15) is 38.3 Å². The van der Waals surface area contributed by atoms with E-state index in [9.17, 15) is 13.2 Å². The molecule has 0 bridgehead atoms. The van der Waals surface area contributed by atoms with Gasteiger partial charge in [-0.2, -0.15) is 4.31 Å². The number of rotatable bonds is 5. The van der Waals surface area contributed by atoms with E-state index in [1.165, 1.54) is 10.5 Å². The lowest BCUT2D eigenvalue weighted by Crippen LogP contribution is -2.52. The molecule has 1 amide bonds. The summed E-state index contributed by atoms with van der Waals surface area (Å²) < 4.78 is 33.7. The Morgan fingerprint density at radius 1 is 1.16 bits per heavy atom. The standard InChI is InChI=1S/C21H27N5O4S/c1-15(2)19-18(14-23-20(24-19)16-6-3-4-8-22-16)31(28,29)26-11-9-25(10-12-26)21(27)17-7-5-13-30-17/h3-4,6,8,14-15,17H,5,7,9-13H2,1-2H3/t17-/m0/s1. The molecule has 2 aromatic heterocycles. The quantitative estimate of drug-likeness (QED) is 0.689. The van der Waals surface area contributed by atoms with Crippen LogP contribution in [0.4, 0.5) is 0 Å². The molecular weight excluding hydrogens is 418 g/mol. The molecule has 2 fully saturated rings. The normalized spacial score (nSPS) is 20.4. The van der Waals surface area contributed by atoms with E-state index in [0.29, 0.717) is 36.9 Å². The third-order valence-electron chi connectivity index (χ3n) is 5.60. The number of carbonyl (C=O) groups excluding carboxylic acids is 1. The minimum atomic E-state index is -3.79. The SMILES string of the molecule is CC(C)c1nc(-c2ccccn2)ncc1S(=O)(=O)N1CCN(C(=O)[C@@H]2CCCO2)CC1. The van der Waals surface area contributed by atoms with Crippen molar-refractivity contribution in [1.82, 2.24) is 24.2 Å². The van der Waals surface area contributed by atoms with E-state index in [0.717, 1.165) is 12.8 Å². The lowest BCUT2D eigenvalue weighted by atomic mass is 10.1. The van der Waals surface area contributed by atoms with Gasteiger partial charge in [0.05, 0.1) is 11.9 Å². The number of hydrogen-bond acceptors (Lipinski definition) is 7. The molecular formula is C21H27N5O4S. The van der Waals surface area contributed by atoms with Crippen LogP contribution in [0, 0.1) is 0 Å². The molecule has 2 aromatic rings. The van der Waals surface area contributed by atoms with Crippen molar-refractivity contribution in [3.63, 3.8) is 0 Å². The maximum atomic E-state index is 13.4. The summed E-state index contributed by atoms with van der Waals surface area (Å²) in [4.78, 5) is 27.4. The van der Waals surface area contributed by atoms with Crippen molar-refractivity contribution in [3.05, 3.63) is 36.3 Å². The van der Waals surface area contributed by atoms with Gasteiger partial charge in [0.2, 0.25) is 10.0 Å². The molecule has 2 saturated heterocycles. The lowest BCUT2D eigenvalue weighted by molar-refractivity contribution is -0.142. The number of nitrogens with zero attached hydrogens (tertiary/aromatic N) is 5. The van der Waals surface area contributed by atoms with Crippen LogP contribution in [0.3, 0.4) is 0 Å². The van der Waals surface area contributed by atoms with E-state index in [2.05, 4.69) is 15.0 Å². The molecule has 4 heterocycles. The third kappa shape index (κ3) is 4.46. The topological polar surface area (TPSA) is 106 Å². The van der Waals surface area contributed by atoms with Crippen molar-refractivity contribution >= 4 is 15.9 Å². The summed E-state index contributed by atoms with van der Waals surface area (Å²) >= 11 is 0. The molecule has 0 radical (unpaired) electrons. The number of sulfonamides is 1. The van der Waals surface area contributed by atoms with Crippen molar-refractivity contribution < 1.29 is 17.9 Å². The second kappa shape index (κ2) is 8.97.